The van der Waals surface area contributed by atoms with Crippen LogP contribution in [0.3, 0.4) is 0 Å². The molecule has 0 fully saturated rings. The second-order valence-electron chi connectivity index (χ2n) is 8.07. The van der Waals surface area contributed by atoms with Crippen LogP contribution in [0.25, 0.3) is 0 Å². The van der Waals surface area contributed by atoms with Crippen molar-refractivity contribution in [2.75, 3.05) is 13.1 Å². The summed E-state index contributed by atoms with van der Waals surface area (Å²) in [6.45, 7) is 11.7. The predicted molar refractivity (Wildman–Crippen MR) is 93.4 cm³/mol. The highest BCUT2D eigenvalue weighted by Gasteiger charge is 2.21. The van der Waals surface area contributed by atoms with E-state index in [2.05, 4.69) is 10.6 Å². The molecule has 6 nitrogen and oxygen atoms in total. The predicted octanol–water partition coefficient (Wildman–Crippen LogP) is 2.01. The van der Waals surface area contributed by atoms with Gasteiger partial charge in [-0.15, -0.1) is 0 Å². The highest BCUT2D eigenvalue weighted by Crippen LogP contribution is 2.13. The maximum atomic E-state index is 11.7. The summed E-state index contributed by atoms with van der Waals surface area (Å²) < 4.78 is 0. The van der Waals surface area contributed by atoms with Gasteiger partial charge in [0.15, 0.2) is 11.6 Å². The van der Waals surface area contributed by atoms with Crippen LogP contribution >= 0.6 is 0 Å². The molecule has 0 saturated carbocycles. The Morgan fingerprint density at radius 3 is 1.17 bits per heavy atom. The van der Waals surface area contributed by atoms with Gasteiger partial charge >= 0.3 is 0 Å². The standard InChI is InChI=1S/C18H32N2O4/c1-17(2,3)15(23)19-11-7-9-13(21)14(22)10-8-12-20-16(24)18(4,5)6/h7-12H2,1-6H3,(H,19,23)(H,20,24). The van der Waals surface area contributed by atoms with Crippen molar-refractivity contribution in [3.05, 3.63) is 0 Å². The van der Waals surface area contributed by atoms with Gasteiger partial charge in [0.25, 0.3) is 0 Å². The van der Waals surface area contributed by atoms with Crippen LogP contribution in [0.2, 0.25) is 0 Å². The maximum absolute atomic E-state index is 11.7. The molecule has 0 aliphatic rings. The second-order valence-corrected chi connectivity index (χ2v) is 8.07. The Hall–Kier alpha value is -1.72. The van der Waals surface area contributed by atoms with Gasteiger partial charge in [-0.1, -0.05) is 41.5 Å². The van der Waals surface area contributed by atoms with Crippen LogP contribution in [-0.4, -0.2) is 36.5 Å². The molecule has 0 atom stereocenters. The lowest BCUT2D eigenvalue weighted by molar-refractivity contribution is -0.136. The van der Waals surface area contributed by atoms with E-state index in [1.165, 1.54) is 0 Å². The summed E-state index contributed by atoms with van der Waals surface area (Å²) in [7, 11) is 0. The molecule has 0 aliphatic carbocycles. The lowest BCUT2D eigenvalue weighted by Crippen LogP contribution is -2.36. The van der Waals surface area contributed by atoms with Crippen molar-refractivity contribution >= 4 is 23.4 Å². The van der Waals surface area contributed by atoms with Crippen LogP contribution in [0.4, 0.5) is 0 Å². The highest BCUT2D eigenvalue weighted by atomic mass is 16.2. The number of hydrogen-bond donors (Lipinski definition) is 2. The quantitative estimate of drug-likeness (QED) is 0.496. The molecule has 2 amide bonds. The van der Waals surface area contributed by atoms with Gasteiger partial charge in [0.05, 0.1) is 0 Å². The topological polar surface area (TPSA) is 92.3 Å². The number of ketones is 2. The highest BCUT2D eigenvalue weighted by molar-refractivity contribution is 6.37. The fourth-order valence-electron chi connectivity index (χ4n) is 1.71. The largest absolute Gasteiger partial charge is 0.356 e. The van der Waals surface area contributed by atoms with Crippen molar-refractivity contribution in [1.29, 1.82) is 0 Å². The van der Waals surface area contributed by atoms with Gasteiger partial charge in [-0.3, -0.25) is 19.2 Å². The number of amides is 2. The lowest BCUT2D eigenvalue weighted by atomic mass is 9.95. The lowest BCUT2D eigenvalue weighted by Gasteiger charge is -2.17. The summed E-state index contributed by atoms with van der Waals surface area (Å²) in [6.07, 6.45) is 1.18. The Bertz CT molecular complexity index is 426. The minimum absolute atomic E-state index is 0.0733. The number of hydrogen-bond acceptors (Lipinski definition) is 4. The molecule has 0 aromatic heterocycles. The minimum atomic E-state index is -0.461. The van der Waals surface area contributed by atoms with Crippen molar-refractivity contribution in [3.8, 4) is 0 Å². The summed E-state index contributed by atoms with van der Waals surface area (Å²) in [5, 5.41) is 5.49. The average molecular weight is 340 g/mol. The number of rotatable bonds is 9. The van der Waals surface area contributed by atoms with E-state index in [0.717, 1.165) is 0 Å². The molecule has 0 heterocycles. The second kappa shape index (κ2) is 9.55. The Labute approximate surface area is 145 Å². The Kier molecular flexibility index (Phi) is 8.86. The first-order chi connectivity index (χ1) is 10.9. The molecule has 0 bridgehead atoms. The third-order valence-corrected chi connectivity index (χ3v) is 3.41. The smallest absolute Gasteiger partial charge is 0.225 e. The van der Waals surface area contributed by atoms with E-state index in [4.69, 9.17) is 0 Å². The summed E-state index contributed by atoms with van der Waals surface area (Å²) in [5.74, 6) is -0.976. The molecule has 0 aliphatic heterocycles. The molecular formula is C18H32N2O4. The van der Waals surface area contributed by atoms with E-state index in [1.807, 2.05) is 41.5 Å². The fraction of sp³-hybridized carbons (Fsp3) is 0.778. The fourth-order valence-corrected chi connectivity index (χ4v) is 1.71. The summed E-state index contributed by atoms with van der Waals surface area (Å²) >= 11 is 0. The molecule has 0 rings (SSSR count). The Morgan fingerprint density at radius 1 is 0.625 bits per heavy atom. The molecule has 24 heavy (non-hydrogen) atoms. The molecule has 2 N–H and O–H groups in total. The van der Waals surface area contributed by atoms with Gasteiger partial charge in [0.2, 0.25) is 11.8 Å². The maximum Gasteiger partial charge on any atom is 0.225 e. The van der Waals surface area contributed by atoms with Crippen LogP contribution in [0.15, 0.2) is 0 Å². The summed E-state index contributed by atoms with van der Waals surface area (Å²) in [4.78, 5) is 46.7. The number of carbonyl (C=O) groups is 4. The van der Waals surface area contributed by atoms with E-state index in [0.29, 0.717) is 25.9 Å². The van der Waals surface area contributed by atoms with Crippen LogP contribution in [0.1, 0.15) is 67.2 Å². The number of carbonyl (C=O) groups excluding carboxylic acids is 4. The van der Waals surface area contributed by atoms with Gasteiger partial charge in [-0.25, -0.2) is 0 Å². The zero-order valence-electron chi connectivity index (χ0n) is 15.9. The van der Waals surface area contributed by atoms with E-state index in [-0.39, 0.29) is 24.7 Å². The number of Topliss-reactive ketones (excluding diaryl/α,β-unsaturated/α-hetero) is 2. The van der Waals surface area contributed by atoms with Crippen molar-refractivity contribution in [2.45, 2.75) is 67.2 Å². The normalized spacial score (nSPS) is 11.8. The van der Waals surface area contributed by atoms with Crippen LogP contribution in [-0.2, 0) is 19.2 Å². The third-order valence-electron chi connectivity index (χ3n) is 3.41. The molecule has 0 spiro atoms. The first-order valence-corrected chi connectivity index (χ1v) is 8.48. The van der Waals surface area contributed by atoms with Crippen LogP contribution in [0, 0.1) is 10.8 Å². The first kappa shape index (κ1) is 22.3. The SMILES string of the molecule is CC(C)(C)C(=O)NCCCC(=O)C(=O)CCCNC(=O)C(C)(C)C. The van der Waals surface area contributed by atoms with Crippen molar-refractivity contribution < 1.29 is 19.2 Å². The molecule has 6 heteroatoms. The van der Waals surface area contributed by atoms with E-state index in [9.17, 15) is 19.2 Å². The zero-order chi connectivity index (χ0) is 19.0. The van der Waals surface area contributed by atoms with Crippen molar-refractivity contribution in [1.82, 2.24) is 10.6 Å². The van der Waals surface area contributed by atoms with E-state index < -0.39 is 22.4 Å². The van der Waals surface area contributed by atoms with Crippen LogP contribution < -0.4 is 10.6 Å². The Balaban J connectivity index is 3.88. The third kappa shape index (κ3) is 9.43. The Morgan fingerprint density at radius 2 is 0.917 bits per heavy atom. The molecule has 0 saturated heterocycles. The van der Waals surface area contributed by atoms with Gasteiger partial charge in [0, 0.05) is 36.8 Å². The summed E-state index contributed by atoms with van der Waals surface area (Å²) in [6, 6.07) is 0. The van der Waals surface area contributed by atoms with Gasteiger partial charge < -0.3 is 10.6 Å². The summed E-state index contributed by atoms with van der Waals surface area (Å²) in [5.41, 5.74) is -0.922. The van der Waals surface area contributed by atoms with Gasteiger partial charge in [0.1, 0.15) is 0 Å². The number of nitrogens with one attached hydrogen (secondary N) is 2. The molecule has 138 valence electrons. The van der Waals surface area contributed by atoms with Crippen molar-refractivity contribution in [3.63, 3.8) is 0 Å². The molecule has 0 aromatic rings. The zero-order valence-corrected chi connectivity index (χ0v) is 15.9. The first-order valence-electron chi connectivity index (χ1n) is 8.48. The van der Waals surface area contributed by atoms with Crippen LogP contribution in [0.5, 0.6) is 0 Å². The molecular weight excluding hydrogens is 308 g/mol. The van der Waals surface area contributed by atoms with Crippen molar-refractivity contribution in [2.24, 2.45) is 10.8 Å². The van der Waals surface area contributed by atoms with Gasteiger partial charge in [-0.2, -0.15) is 0 Å². The molecule has 0 unspecified atom stereocenters. The van der Waals surface area contributed by atoms with Gasteiger partial charge in [-0.05, 0) is 12.8 Å². The monoisotopic (exact) mass is 340 g/mol. The molecule has 0 aromatic carbocycles. The van der Waals surface area contributed by atoms with E-state index >= 15 is 0 Å². The minimum Gasteiger partial charge on any atom is -0.356 e. The molecule has 0 radical (unpaired) electrons. The average Bonchev–Trinajstić information content (AvgIpc) is 2.44. The van der Waals surface area contributed by atoms with E-state index in [1.54, 1.807) is 0 Å².